The second-order valence-corrected chi connectivity index (χ2v) is 6.25. The Kier molecular flexibility index (Phi) is 5.23. The van der Waals surface area contributed by atoms with Crippen molar-refractivity contribution in [3.8, 4) is 33.8 Å². The lowest BCUT2D eigenvalue weighted by atomic mass is 9.97. The Labute approximate surface area is 154 Å². The number of phenols is 2. The maximum absolute atomic E-state index is 9.92. The highest BCUT2D eigenvalue weighted by atomic mass is 16.3. The molecule has 2 N–H and O–H groups in total. The third kappa shape index (κ3) is 3.70. The van der Waals surface area contributed by atoms with E-state index in [-0.39, 0.29) is 0 Å². The van der Waals surface area contributed by atoms with Crippen LogP contribution in [0.2, 0.25) is 0 Å². The van der Waals surface area contributed by atoms with Crippen molar-refractivity contribution in [2.24, 2.45) is 0 Å². The highest BCUT2D eigenvalue weighted by Crippen LogP contribution is 2.30. The van der Waals surface area contributed by atoms with E-state index in [1.165, 1.54) is 0 Å². The third-order valence-corrected chi connectivity index (χ3v) is 4.44. The molecule has 0 aliphatic rings. The molecule has 0 aliphatic carbocycles. The minimum Gasteiger partial charge on any atom is -0.508 e. The van der Waals surface area contributed by atoms with Gasteiger partial charge in [0.15, 0.2) is 0 Å². The monoisotopic (exact) mass is 342 g/mol. The second kappa shape index (κ2) is 7.75. The van der Waals surface area contributed by atoms with Gasteiger partial charge in [-0.2, -0.15) is 0 Å². The molecule has 0 radical (unpaired) electrons. The average Bonchev–Trinajstić information content (AvgIpc) is 2.66. The smallest absolute Gasteiger partial charge is 0.119 e. The first kappa shape index (κ1) is 17.6. The quantitative estimate of drug-likeness (QED) is 0.548. The van der Waals surface area contributed by atoms with Crippen LogP contribution in [0.3, 0.4) is 0 Å². The van der Waals surface area contributed by atoms with Gasteiger partial charge in [-0.1, -0.05) is 48.6 Å². The molecule has 0 unspecified atom stereocenters. The van der Waals surface area contributed by atoms with Crippen LogP contribution in [0.5, 0.6) is 11.5 Å². The Morgan fingerprint density at radius 3 is 1.27 bits per heavy atom. The zero-order chi connectivity index (χ0) is 18.5. The van der Waals surface area contributed by atoms with Crippen LogP contribution in [0.1, 0.15) is 11.1 Å². The highest BCUT2D eigenvalue weighted by Gasteiger charge is 2.06. The van der Waals surface area contributed by atoms with Crippen LogP contribution in [0.4, 0.5) is 0 Å². The fraction of sp³-hybridized carbons (Fsp3) is 0.0833. The van der Waals surface area contributed by atoms with Crippen LogP contribution >= 0.6 is 0 Å². The van der Waals surface area contributed by atoms with E-state index in [4.69, 9.17) is 0 Å². The number of allylic oxidation sites excluding steroid dienone is 2. The maximum Gasteiger partial charge on any atom is 0.119 e. The Morgan fingerprint density at radius 2 is 0.923 bits per heavy atom. The number of aromatic hydroxyl groups is 2. The molecular weight excluding hydrogens is 320 g/mol. The zero-order valence-electron chi connectivity index (χ0n) is 14.7. The van der Waals surface area contributed by atoms with Crippen LogP contribution in [0.15, 0.2) is 86.0 Å². The van der Waals surface area contributed by atoms with Crippen molar-refractivity contribution in [1.82, 2.24) is 0 Å². The molecule has 0 fully saturated rings. The fourth-order valence-corrected chi connectivity index (χ4v) is 3.02. The molecule has 0 aromatic heterocycles. The topological polar surface area (TPSA) is 40.5 Å². The first-order valence-electron chi connectivity index (χ1n) is 8.58. The van der Waals surface area contributed by atoms with E-state index in [1.54, 1.807) is 24.3 Å². The largest absolute Gasteiger partial charge is 0.508 e. The molecule has 2 heteroatoms. The lowest BCUT2D eigenvalue weighted by molar-refractivity contribution is 0.469. The van der Waals surface area contributed by atoms with Gasteiger partial charge in [0.1, 0.15) is 11.5 Å². The molecule has 0 heterocycles. The van der Waals surface area contributed by atoms with E-state index in [0.717, 1.165) is 33.4 Å². The Hall–Kier alpha value is -3.26. The van der Waals surface area contributed by atoms with Crippen molar-refractivity contribution >= 4 is 0 Å². The molecule has 0 aliphatic heterocycles. The van der Waals surface area contributed by atoms with Crippen molar-refractivity contribution in [1.29, 1.82) is 0 Å². The summed E-state index contributed by atoms with van der Waals surface area (Å²) in [6.45, 7) is 7.47. The molecule has 0 bridgehead atoms. The molecule has 0 amide bonds. The Morgan fingerprint density at radius 1 is 0.577 bits per heavy atom. The lowest BCUT2D eigenvalue weighted by Crippen LogP contribution is -1.87. The number of hydrogen-bond acceptors (Lipinski definition) is 2. The van der Waals surface area contributed by atoms with Crippen molar-refractivity contribution in [3.05, 3.63) is 97.1 Å². The van der Waals surface area contributed by atoms with Gasteiger partial charge in [-0.15, -0.1) is 13.2 Å². The predicted octanol–water partition coefficient (Wildman–Crippen LogP) is 5.89. The summed E-state index contributed by atoms with van der Waals surface area (Å²) in [5, 5.41) is 19.8. The molecule has 0 saturated carbocycles. The SMILES string of the molecule is C=CCc1cc(-c2ccc(-c3ccc(O)c(CC=C)c3)cc2)ccc1O. The van der Waals surface area contributed by atoms with Gasteiger partial charge in [-0.3, -0.25) is 0 Å². The summed E-state index contributed by atoms with van der Waals surface area (Å²) >= 11 is 0. The summed E-state index contributed by atoms with van der Waals surface area (Å²) in [4.78, 5) is 0. The van der Waals surface area contributed by atoms with Gasteiger partial charge in [0.05, 0.1) is 0 Å². The van der Waals surface area contributed by atoms with Crippen molar-refractivity contribution in [2.45, 2.75) is 12.8 Å². The molecule has 3 aromatic carbocycles. The lowest BCUT2D eigenvalue weighted by Gasteiger charge is -2.09. The van der Waals surface area contributed by atoms with Crippen LogP contribution in [0, 0.1) is 0 Å². The summed E-state index contributed by atoms with van der Waals surface area (Å²) in [7, 11) is 0. The van der Waals surface area contributed by atoms with Crippen molar-refractivity contribution < 1.29 is 10.2 Å². The summed E-state index contributed by atoms with van der Waals surface area (Å²) in [6.07, 6.45) is 4.84. The Balaban J connectivity index is 1.92. The summed E-state index contributed by atoms with van der Waals surface area (Å²) < 4.78 is 0. The first-order chi connectivity index (χ1) is 12.6. The van der Waals surface area contributed by atoms with Crippen molar-refractivity contribution in [3.63, 3.8) is 0 Å². The van der Waals surface area contributed by atoms with Crippen LogP contribution < -0.4 is 0 Å². The highest BCUT2D eigenvalue weighted by molar-refractivity contribution is 5.72. The molecule has 3 aromatic rings. The van der Waals surface area contributed by atoms with Gasteiger partial charge in [0, 0.05) is 0 Å². The van der Waals surface area contributed by atoms with E-state index in [1.807, 2.05) is 24.3 Å². The number of hydrogen-bond donors (Lipinski definition) is 2. The van der Waals surface area contributed by atoms with Gasteiger partial charge in [-0.05, 0) is 70.5 Å². The van der Waals surface area contributed by atoms with Crippen LogP contribution in [0.25, 0.3) is 22.3 Å². The molecule has 130 valence electrons. The van der Waals surface area contributed by atoms with Gasteiger partial charge >= 0.3 is 0 Å². The van der Waals surface area contributed by atoms with E-state index < -0.39 is 0 Å². The van der Waals surface area contributed by atoms with Gasteiger partial charge < -0.3 is 10.2 Å². The minimum atomic E-state index is 0.295. The summed E-state index contributed by atoms with van der Waals surface area (Å²) in [6, 6.07) is 19.5. The predicted molar refractivity (Wildman–Crippen MR) is 108 cm³/mol. The first-order valence-corrected chi connectivity index (χ1v) is 8.58. The van der Waals surface area contributed by atoms with E-state index in [2.05, 4.69) is 37.4 Å². The maximum atomic E-state index is 9.92. The van der Waals surface area contributed by atoms with Crippen LogP contribution in [-0.4, -0.2) is 10.2 Å². The molecular formula is C24H22O2. The van der Waals surface area contributed by atoms with Crippen LogP contribution in [-0.2, 0) is 12.8 Å². The summed E-state index contributed by atoms with van der Waals surface area (Å²) in [5.41, 5.74) is 6.03. The number of rotatable bonds is 6. The molecule has 0 spiro atoms. The fourth-order valence-electron chi connectivity index (χ4n) is 3.02. The molecule has 2 nitrogen and oxygen atoms in total. The molecule has 26 heavy (non-hydrogen) atoms. The van der Waals surface area contributed by atoms with Gasteiger partial charge in [0.25, 0.3) is 0 Å². The average molecular weight is 342 g/mol. The third-order valence-electron chi connectivity index (χ3n) is 4.44. The van der Waals surface area contributed by atoms with Gasteiger partial charge in [-0.25, -0.2) is 0 Å². The molecule has 3 rings (SSSR count). The van der Waals surface area contributed by atoms with Gasteiger partial charge in [0.2, 0.25) is 0 Å². The molecule has 0 saturated heterocycles. The Bertz CT molecular complexity index is 858. The number of benzene rings is 3. The minimum absolute atomic E-state index is 0.295. The van der Waals surface area contributed by atoms with Crippen molar-refractivity contribution in [2.75, 3.05) is 0 Å². The zero-order valence-corrected chi connectivity index (χ0v) is 14.7. The van der Waals surface area contributed by atoms with E-state index in [0.29, 0.717) is 24.3 Å². The number of phenolic OH excluding ortho intramolecular Hbond substituents is 2. The standard InChI is InChI=1S/C24H22O2/c1-3-5-21-15-19(11-13-23(21)25)17-7-9-18(10-8-17)20-12-14-24(26)22(16-20)6-4-2/h3-4,7-16,25-26H,1-2,5-6H2. The van der Waals surface area contributed by atoms with E-state index >= 15 is 0 Å². The van der Waals surface area contributed by atoms with E-state index in [9.17, 15) is 10.2 Å². The normalized spacial score (nSPS) is 10.5. The summed E-state index contributed by atoms with van der Waals surface area (Å²) in [5.74, 6) is 0.591. The second-order valence-electron chi connectivity index (χ2n) is 6.25. The molecule has 0 atom stereocenters.